The summed E-state index contributed by atoms with van der Waals surface area (Å²) in [5.74, 6) is -0.338. The lowest BCUT2D eigenvalue weighted by Crippen LogP contribution is -2.47. The molecule has 0 rings (SSSR count). The van der Waals surface area contributed by atoms with Crippen LogP contribution in [0.3, 0.4) is 0 Å². The van der Waals surface area contributed by atoms with Crippen LogP contribution < -0.4 is 0 Å². The maximum Gasteiger partial charge on any atom is 0.306 e. The zero-order valence-corrected chi connectivity index (χ0v) is 32.9. The van der Waals surface area contributed by atoms with Gasteiger partial charge >= 0.3 is 11.9 Å². The molecule has 0 heterocycles. The molecule has 0 amide bonds. The summed E-state index contributed by atoms with van der Waals surface area (Å²) in [5.41, 5.74) is 0. The Hall–Kier alpha value is -1.62. The van der Waals surface area contributed by atoms with E-state index >= 15 is 0 Å². The Balaban J connectivity index is 3.99. The van der Waals surface area contributed by atoms with Crippen molar-refractivity contribution in [3.63, 3.8) is 0 Å². The lowest BCUT2D eigenvalue weighted by atomic mass is 10.1. The first-order valence-electron chi connectivity index (χ1n) is 20.8. The van der Waals surface area contributed by atoms with Gasteiger partial charge in [0.1, 0.15) is 13.2 Å². The summed E-state index contributed by atoms with van der Waals surface area (Å²) in [7, 11) is 4.25. The summed E-state index contributed by atoms with van der Waals surface area (Å²) in [6, 6.07) is 0. The monoisotopic (exact) mass is 677 g/mol. The van der Waals surface area contributed by atoms with Gasteiger partial charge in [-0.05, 0) is 71.1 Å². The van der Waals surface area contributed by atoms with Crippen LogP contribution in [0.1, 0.15) is 201 Å². The van der Waals surface area contributed by atoms with Crippen molar-refractivity contribution in [2.24, 2.45) is 0 Å². The lowest BCUT2D eigenvalue weighted by Gasteiger charge is -2.31. The summed E-state index contributed by atoms with van der Waals surface area (Å²) in [6.45, 7) is 8.39. The van der Waals surface area contributed by atoms with Crippen LogP contribution in [0.15, 0.2) is 24.3 Å². The third-order valence-corrected chi connectivity index (χ3v) is 9.57. The van der Waals surface area contributed by atoms with Crippen molar-refractivity contribution in [2.45, 2.75) is 207 Å². The molecule has 282 valence electrons. The number of rotatable bonds is 36. The highest BCUT2D eigenvalue weighted by molar-refractivity contribution is 5.70. The first-order valence-corrected chi connectivity index (χ1v) is 20.8. The van der Waals surface area contributed by atoms with Crippen molar-refractivity contribution < 1.29 is 23.5 Å². The molecule has 0 aromatic heterocycles. The number of likely N-dealkylation sites (N-methyl/N-ethyl adjacent to an activating group) is 1. The third kappa shape index (κ3) is 34.3. The van der Waals surface area contributed by atoms with Gasteiger partial charge in [0.05, 0.1) is 20.6 Å². The molecule has 0 fully saturated rings. The quantitative estimate of drug-likeness (QED) is 0.0287. The van der Waals surface area contributed by atoms with Crippen molar-refractivity contribution in [1.82, 2.24) is 0 Å². The Morgan fingerprint density at radius 2 is 0.854 bits per heavy atom. The van der Waals surface area contributed by atoms with E-state index in [-0.39, 0.29) is 18.5 Å². The van der Waals surface area contributed by atoms with E-state index in [1.54, 1.807) is 0 Å². The fourth-order valence-electron chi connectivity index (χ4n) is 5.99. The first-order chi connectivity index (χ1) is 23.3. The van der Waals surface area contributed by atoms with Crippen molar-refractivity contribution in [1.29, 1.82) is 0 Å². The number of hydrogen-bond donors (Lipinski definition) is 0. The van der Waals surface area contributed by atoms with E-state index in [0.717, 1.165) is 49.6 Å². The third-order valence-electron chi connectivity index (χ3n) is 9.57. The van der Waals surface area contributed by atoms with Crippen molar-refractivity contribution >= 4 is 11.9 Å². The minimum atomic E-state index is -0.395. The predicted octanol–water partition coefficient (Wildman–Crippen LogP) is 12.6. The molecule has 1 atom stereocenters. The molecule has 0 aromatic rings. The minimum Gasteiger partial charge on any atom is -0.461 e. The van der Waals surface area contributed by atoms with Crippen LogP contribution in [0.25, 0.3) is 0 Å². The molecular formula is C43H82NO4+. The van der Waals surface area contributed by atoms with E-state index in [1.807, 2.05) is 0 Å². The van der Waals surface area contributed by atoms with Crippen LogP contribution >= 0.6 is 0 Å². The molecule has 48 heavy (non-hydrogen) atoms. The van der Waals surface area contributed by atoms with Crippen LogP contribution in [0, 0.1) is 0 Å². The average molecular weight is 677 g/mol. The van der Waals surface area contributed by atoms with Gasteiger partial charge in [-0.25, -0.2) is 0 Å². The number of allylic oxidation sites excluding steroid dienone is 4. The van der Waals surface area contributed by atoms with Gasteiger partial charge in [0, 0.05) is 12.8 Å². The molecular weight excluding hydrogens is 594 g/mol. The van der Waals surface area contributed by atoms with Crippen molar-refractivity contribution in [3.8, 4) is 0 Å². The van der Waals surface area contributed by atoms with Gasteiger partial charge in [0.25, 0.3) is 0 Å². The Morgan fingerprint density at radius 1 is 0.500 bits per heavy atom. The van der Waals surface area contributed by atoms with E-state index in [1.165, 1.54) is 128 Å². The standard InChI is InChI=1S/C43H82NO4/c1-6-9-11-13-15-17-19-21-23-25-27-29-31-33-35-37-42(45)47-40-41(39-44(4,5)8-3)48-43(46)38-36-34-32-30-28-26-24-22-20-18-16-14-12-10-7-2/h21-24,41H,6-20,25-40H2,1-5H3/q+1/b23-21-,24-22-. The van der Waals surface area contributed by atoms with Crippen LogP contribution in [-0.2, 0) is 19.1 Å². The van der Waals surface area contributed by atoms with Gasteiger partial charge in [0.15, 0.2) is 6.10 Å². The largest absolute Gasteiger partial charge is 0.461 e. The second kappa shape index (κ2) is 35.2. The first kappa shape index (κ1) is 46.4. The number of nitrogens with zero attached hydrogens (tertiary/aromatic N) is 1. The topological polar surface area (TPSA) is 52.6 Å². The summed E-state index contributed by atoms with van der Waals surface area (Å²) < 4.78 is 12.2. The van der Waals surface area contributed by atoms with Crippen LogP contribution in [0.5, 0.6) is 0 Å². The molecule has 5 nitrogen and oxygen atoms in total. The highest BCUT2D eigenvalue weighted by Crippen LogP contribution is 2.14. The Kier molecular flexibility index (Phi) is 34.0. The Labute approximate surface area is 299 Å². The summed E-state index contributed by atoms with van der Waals surface area (Å²) in [6.07, 6.45) is 42.1. The van der Waals surface area contributed by atoms with E-state index in [2.05, 4.69) is 59.2 Å². The highest BCUT2D eigenvalue weighted by atomic mass is 16.6. The number of carbonyl (C=O) groups excluding carboxylic acids is 2. The molecule has 0 saturated carbocycles. The zero-order valence-electron chi connectivity index (χ0n) is 32.9. The lowest BCUT2D eigenvalue weighted by molar-refractivity contribution is -0.891. The zero-order chi connectivity index (χ0) is 35.4. The number of unbranched alkanes of at least 4 members (excludes halogenated alkanes) is 22. The molecule has 0 radical (unpaired) electrons. The Bertz CT molecular complexity index is 775. The second-order valence-electron chi connectivity index (χ2n) is 14.9. The normalized spacial score (nSPS) is 12.7. The fraction of sp³-hybridized carbons (Fsp3) is 0.860. The van der Waals surface area contributed by atoms with Gasteiger partial charge in [-0.15, -0.1) is 0 Å². The number of quaternary nitrogens is 1. The SMILES string of the molecule is CCCCCCCC/C=C\CCCCCCCC(=O)OCC(C[N+](C)(C)CC)OC(=O)CCCCCCC/C=C\CCCCCCCC. The predicted molar refractivity (Wildman–Crippen MR) is 207 cm³/mol. The van der Waals surface area contributed by atoms with Crippen LogP contribution in [0.2, 0.25) is 0 Å². The highest BCUT2D eigenvalue weighted by Gasteiger charge is 2.25. The smallest absolute Gasteiger partial charge is 0.306 e. The molecule has 0 bridgehead atoms. The number of carbonyl (C=O) groups is 2. The van der Waals surface area contributed by atoms with E-state index in [0.29, 0.717) is 19.4 Å². The van der Waals surface area contributed by atoms with Crippen LogP contribution in [0.4, 0.5) is 0 Å². The van der Waals surface area contributed by atoms with E-state index in [4.69, 9.17) is 9.47 Å². The molecule has 0 N–H and O–H groups in total. The van der Waals surface area contributed by atoms with Crippen LogP contribution in [-0.4, -0.2) is 56.3 Å². The Morgan fingerprint density at radius 3 is 1.25 bits per heavy atom. The average Bonchev–Trinajstić information content (AvgIpc) is 3.07. The van der Waals surface area contributed by atoms with Gasteiger partial charge in [-0.1, -0.05) is 141 Å². The number of hydrogen-bond acceptors (Lipinski definition) is 4. The molecule has 0 aliphatic rings. The summed E-state index contributed by atoms with van der Waals surface area (Å²) >= 11 is 0. The fourth-order valence-corrected chi connectivity index (χ4v) is 5.99. The van der Waals surface area contributed by atoms with E-state index < -0.39 is 6.10 Å². The summed E-state index contributed by atoms with van der Waals surface area (Å²) in [4.78, 5) is 25.1. The minimum absolute atomic E-state index is 0.156. The molecule has 0 aliphatic heterocycles. The molecule has 5 heteroatoms. The second-order valence-corrected chi connectivity index (χ2v) is 14.9. The number of ether oxygens (including phenoxy) is 2. The van der Waals surface area contributed by atoms with Crippen molar-refractivity contribution in [2.75, 3.05) is 33.8 Å². The van der Waals surface area contributed by atoms with Gasteiger partial charge in [-0.2, -0.15) is 0 Å². The molecule has 0 saturated heterocycles. The van der Waals surface area contributed by atoms with Gasteiger partial charge < -0.3 is 14.0 Å². The molecule has 0 aromatic carbocycles. The summed E-state index contributed by atoms with van der Waals surface area (Å²) in [5, 5.41) is 0. The van der Waals surface area contributed by atoms with Gasteiger partial charge in [-0.3, -0.25) is 9.59 Å². The van der Waals surface area contributed by atoms with E-state index in [9.17, 15) is 9.59 Å². The maximum absolute atomic E-state index is 12.7. The number of esters is 2. The maximum atomic E-state index is 12.7. The van der Waals surface area contributed by atoms with Gasteiger partial charge in [0.2, 0.25) is 0 Å². The van der Waals surface area contributed by atoms with Crippen molar-refractivity contribution in [3.05, 3.63) is 24.3 Å². The molecule has 0 spiro atoms. The molecule has 1 unspecified atom stereocenters. The molecule has 0 aliphatic carbocycles.